The Labute approximate surface area is 120 Å². The summed E-state index contributed by atoms with van der Waals surface area (Å²) in [6.45, 7) is 2.91. The molecule has 4 heteroatoms. The lowest BCUT2D eigenvalue weighted by atomic mass is 9.83. The molecule has 1 aliphatic rings. The van der Waals surface area contributed by atoms with E-state index in [9.17, 15) is 9.90 Å². The largest absolute Gasteiger partial charge is 0.504 e. The van der Waals surface area contributed by atoms with Crippen molar-refractivity contribution in [2.75, 3.05) is 13.7 Å². The zero-order chi connectivity index (χ0) is 14.6. The fourth-order valence-corrected chi connectivity index (χ4v) is 2.98. The molecule has 1 amide bonds. The number of benzene rings is 1. The summed E-state index contributed by atoms with van der Waals surface area (Å²) >= 11 is 0. The lowest BCUT2D eigenvalue weighted by Gasteiger charge is -2.27. The molecule has 0 heterocycles. The molecule has 110 valence electrons. The predicted octanol–water partition coefficient (Wildman–Crippen LogP) is 3.10. The molecule has 1 aromatic rings. The van der Waals surface area contributed by atoms with Crippen LogP contribution in [0.15, 0.2) is 18.2 Å². The maximum atomic E-state index is 12.1. The molecule has 20 heavy (non-hydrogen) atoms. The molecule has 1 fully saturated rings. The Morgan fingerprint density at radius 3 is 2.65 bits per heavy atom. The number of nitrogens with one attached hydrogen (secondary N) is 1. The van der Waals surface area contributed by atoms with Gasteiger partial charge in [0.2, 0.25) is 0 Å². The van der Waals surface area contributed by atoms with Gasteiger partial charge in [0, 0.05) is 12.1 Å². The van der Waals surface area contributed by atoms with E-state index in [0.717, 1.165) is 13.0 Å². The number of hydrogen-bond acceptors (Lipinski definition) is 3. The first-order valence-electron chi connectivity index (χ1n) is 7.25. The van der Waals surface area contributed by atoms with Crippen LogP contribution < -0.4 is 10.1 Å². The van der Waals surface area contributed by atoms with Gasteiger partial charge in [0.25, 0.3) is 5.91 Å². The third kappa shape index (κ3) is 3.06. The highest BCUT2D eigenvalue weighted by atomic mass is 16.5. The predicted molar refractivity (Wildman–Crippen MR) is 78.2 cm³/mol. The third-order valence-corrected chi connectivity index (χ3v) is 4.48. The molecule has 2 rings (SSSR count). The number of aromatic hydroxyl groups is 1. The standard InChI is InChI=1S/C16H23NO3/c1-3-16(8-4-5-9-16)11-17-15(19)12-6-7-14(20-2)13(18)10-12/h6-7,10,18H,3-5,8-9,11H2,1-2H3,(H,17,19). The van der Waals surface area contributed by atoms with Gasteiger partial charge in [-0.15, -0.1) is 0 Å². The summed E-state index contributed by atoms with van der Waals surface area (Å²) < 4.78 is 4.97. The lowest BCUT2D eigenvalue weighted by molar-refractivity contribution is 0.0928. The molecule has 1 aromatic carbocycles. The van der Waals surface area contributed by atoms with Crippen molar-refractivity contribution in [1.29, 1.82) is 0 Å². The number of phenolic OH excluding ortho intramolecular Hbond substituents is 1. The zero-order valence-electron chi connectivity index (χ0n) is 12.2. The van der Waals surface area contributed by atoms with Crippen molar-refractivity contribution in [2.24, 2.45) is 5.41 Å². The maximum absolute atomic E-state index is 12.1. The van der Waals surface area contributed by atoms with Crippen molar-refractivity contribution < 1.29 is 14.6 Å². The number of carbonyl (C=O) groups is 1. The summed E-state index contributed by atoms with van der Waals surface area (Å²) in [6, 6.07) is 4.72. The van der Waals surface area contributed by atoms with Crippen LogP contribution in [0, 0.1) is 5.41 Å². The van der Waals surface area contributed by atoms with Gasteiger partial charge in [0.05, 0.1) is 7.11 Å². The van der Waals surface area contributed by atoms with Crippen molar-refractivity contribution in [1.82, 2.24) is 5.32 Å². The third-order valence-electron chi connectivity index (χ3n) is 4.48. The van der Waals surface area contributed by atoms with Gasteiger partial charge in [-0.25, -0.2) is 0 Å². The molecule has 0 saturated heterocycles. The van der Waals surface area contributed by atoms with Gasteiger partial charge in [-0.1, -0.05) is 19.8 Å². The van der Waals surface area contributed by atoms with E-state index in [-0.39, 0.29) is 17.1 Å². The van der Waals surface area contributed by atoms with Gasteiger partial charge in [-0.2, -0.15) is 0 Å². The molecule has 1 saturated carbocycles. The first kappa shape index (κ1) is 14.7. The molecule has 0 aromatic heterocycles. The molecule has 0 atom stereocenters. The second kappa shape index (κ2) is 6.16. The number of hydrogen-bond donors (Lipinski definition) is 2. The van der Waals surface area contributed by atoms with Gasteiger partial charge in [0.1, 0.15) is 0 Å². The minimum atomic E-state index is -0.136. The van der Waals surface area contributed by atoms with Crippen molar-refractivity contribution in [3.63, 3.8) is 0 Å². The maximum Gasteiger partial charge on any atom is 0.251 e. The summed E-state index contributed by atoms with van der Waals surface area (Å²) in [4.78, 5) is 12.1. The molecule has 0 aliphatic heterocycles. The van der Waals surface area contributed by atoms with Crippen LogP contribution in [0.4, 0.5) is 0 Å². The fraction of sp³-hybridized carbons (Fsp3) is 0.562. The van der Waals surface area contributed by atoms with Crippen molar-refractivity contribution in [2.45, 2.75) is 39.0 Å². The number of phenols is 1. The molecule has 1 aliphatic carbocycles. The second-order valence-electron chi connectivity index (χ2n) is 5.63. The molecule has 0 unspecified atom stereocenters. The molecular formula is C16H23NO3. The monoisotopic (exact) mass is 277 g/mol. The van der Waals surface area contributed by atoms with Crippen LogP contribution in [-0.4, -0.2) is 24.7 Å². The van der Waals surface area contributed by atoms with Crippen molar-refractivity contribution in [3.05, 3.63) is 23.8 Å². The quantitative estimate of drug-likeness (QED) is 0.869. The van der Waals surface area contributed by atoms with E-state index in [1.165, 1.54) is 38.9 Å². The molecule has 0 radical (unpaired) electrons. The van der Waals surface area contributed by atoms with Crippen LogP contribution in [0.3, 0.4) is 0 Å². The zero-order valence-corrected chi connectivity index (χ0v) is 12.2. The van der Waals surface area contributed by atoms with E-state index in [2.05, 4.69) is 12.2 Å². The Morgan fingerprint density at radius 2 is 2.10 bits per heavy atom. The van der Waals surface area contributed by atoms with E-state index >= 15 is 0 Å². The Balaban J connectivity index is 1.99. The van der Waals surface area contributed by atoms with Crippen LogP contribution in [0.1, 0.15) is 49.4 Å². The van der Waals surface area contributed by atoms with Gasteiger partial charge in [-0.3, -0.25) is 4.79 Å². The van der Waals surface area contributed by atoms with Gasteiger partial charge < -0.3 is 15.2 Å². The highest BCUT2D eigenvalue weighted by molar-refractivity contribution is 5.94. The molecule has 0 spiro atoms. The Bertz CT molecular complexity index is 479. The number of methoxy groups -OCH3 is 1. The number of ether oxygens (including phenoxy) is 1. The highest BCUT2D eigenvalue weighted by Gasteiger charge is 2.32. The summed E-state index contributed by atoms with van der Waals surface area (Å²) in [6.07, 6.45) is 6.00. The fourth-order valence-electron chi connectivity index (χ4n) is 2.98. The van der Waals surface area contributed by atoms with Gasteiger partial charge >= 0.3 is 0 Å². The summed E-state index contributed by atoms with van der Waals surface area (Å²) in [5.41, 5.74) is 0.733. The summed E-state index contributed by atoms with van der Waals surface area (Å²) in [5, 5.41) is 12.7. The van der Waals surface area contributed by atoms with E-state index in [0.29, 0.717) is 11.3 Å². The normalized spacial score (nSPS) is 16.9. The molecule has 2 N–H and O–H groups in total. The first-order valence-corrected chi connectivity index (χ1v) is 7.25. The Kier molecular flexibility index (Phi) is 4.53. The molecule has 4 nitrogen and oxygen atoms in total. The van der Waals surface area contributed by atoms with Crippen LogP contribution in [0.25, 0.3) is 0 Å². The first-order chi connectivity index (χ1) is 9.60. The summed E-state index contributed by atoms with van der Waals surface area (Å²) in [5.74, 6) is 0.233. The topological polar surface area (TPSA) is 58.6 Å². The van der Waals surface area contributed by atoms with Crippen LogP contribution >= 0.6 is 0 Å². The van der Waals surface area contributed by atoms with Crippen LogP contribution in [-0.2, 0) is 0 Å². The highest BCUT2D eigenvalue weighted by Crippen LogP contribution is 2.40. The summed E-state index contributed by atoms with van der Waals surface area (Å²) in [7, 11) is 1.49. The molecular weight excluding hydrogens is 254 g/mol. The second-order valence-corrected chi connectivity index (χ2v) is 5.63. The van der Waals surface area contributed by atoms with E-state index in [1.807, 2.05) is 0 Å². The Hall–Kier alpha value is -1.71. The van der Waals surface area contributed by atoms with Crippen molar-refractivity contribution in [3.8, 4) is 11.5 Å². The van der Waals surface area contributed by atoms with Crippen molar-refractivity contribution >= 4 is 5.91 Å². The van der Waals surface area contributed by atoms with E-state index in [4.69, 9.17) is 4.74 Å². The van der Waals surface area contributed by atoms with E-state index < -0.39 is 0 Å². The minimum absolute atomic E-state index is 0.00813. The van der Waals surface area contributed by atoms with Gasteiger partial charge in [0.15, 0.2) is 11.5 Å². The van der Waals surface area contributed by atoms with E-state index in [1.54, 1.807) is 12.1 Å². The SMILES string of the molecule is CCC1(CNC(=O)c2ccc(OC)c(O)c2)CCCC1. The average molecular weight is 277 g/mol. The minimum Gasteiger partial charge on any atom is -0.504 e. The molecule has 0 bridgehead atoms. The number of rotatable bonds is 5. The lowest BCUT2D eigenvalue weighted by Crippen LogP contribution is -2.35. The van der Waals surface area contributed by atoms with Gasteiger partial charge in [-0.05, 0) is 42.9 Å². The van der Waals surface area contributed by atoms with Crippen LogP contribution in [0.5, 0.6) is 11.5 Å². The smallest absolute Gasteiger partial charge is 0.251 e. The average Bonchev–Trinajstić information content (AvgIpc) is 2.94. The number of carbonyl (C=O) groups excluding carboxylic acids is 1. The Morgan fingerprint density at radius 1 is 1.40 bits per heavy atom. The van der Waals surface area contributed by atoms with Crippen LogP contribution in [0.2, 0.25) is 0 Å². The number of amides is 1.